The summed E-state index contributed by atoms with van der Waals surface area (Å²) in [4.78, 5) is 4.22. The van der Waals surface area contributed by atoms with Gasteiger partial charge >= 0.3 is 0 Å². The average molecular weight is 260 g/mol. The number of imidazole rings is 1. The lowest BCUT2D eigenvalue weighted by Gasteiger charge is -2.03. The standard InChI is InChI=1S/C13H10F2N4/c14-8-1-2-10(11(15)5-8)12-3-4-13-17-9(6-16)7-19(13)18-12/h1-5,7H,6,16H2. The molecule has 2 heterocycles. The van der Waals surface area contributed by atoms with Crippen molar-refractivity contribution in [3.05, 3.63) is 53.9 Å². The number of nitrogens with two attached hydrogens (primary N) is 1. The van der Waals surface area contributed by atoms with Crippen molar-refractivity contribution in [2.24, 2.45) is 5.73 Å². The molecule has 0 spiro atoms. The van der Waals surface area contributed by atoms with Crippen molar-refractivity contribution >= 4 is 5.65 Å². The van der Waals surface area contributed by atoms with Crippen molar-refractivity contribution in [1.82, 2.24) is 14.6 Å². The van der Waals surface area contributed by atoms with Crippen molar-refractivity contribution in [2.45, 2.75) is 6.54 Å². The molecule has 0 unspecified atom stereocenters. The SMILES string of the molecule is NCc1cn2nc(-c3ccc(F)cc3F)ccc2n1. The minimum atomic E-state index is -0.647. The van der Waals surface area contributed by atoms with Gasteiger partial charge in [-0.2, -0.15) is 5.10 Å². The van der Waals surface area contributed by atoms with E-state index in [0.29, 0.717) is 23.6 Å². The third-order valence-electron chi connectivity index (χ3n) is 2.79. The van der Waals surface area contributed by atoms with Gasteiger partial charge in [0.2, 0.25) is 0 Å². The molecule has 0 radical (unpaired) electrons. The van der Waals surface area contributed by atoms with Gasteiger partial charge in [0.05, 0.1) is 17.6 Å². The van der Waals surface area contributed by atoms with Crippen molar-refractivity contribution in [3.8, 4) is 11.3 Å². The quantitative estimate of drug-likeness (QED) is 0.768. The number of hydrogen-bond acceptors (Lipinski definition) is 3. The second kappa shape index (κ2) is 4.40. The topological polar surface area (TPSA) is 56.2 Å². The summed E-state index contributed by atoms with van der Waals surface area (Å²) in [6.45, 7) is 0.309. The van der Waals surface area contributed by atoms with Crippen LogP contribution in [-0.4, -0.2) is 14.6 Å². The van der Waals surface area contributed by atoms with Gasteiger partial charge in [0, 0.05) is 18.2 Å². The molecular formula is C13H10F2N4. The summed E-state index contributed by atoms with van der Waals surface area (Å²) >= 11 is 0. The van der Waals surface area contributed by atoms with Crippen molar-refractivity contribution < 1.29 is 8.78 Å². The van der Waals surface area contributed by atoms with Gasteiger partial charge in [-0.25, -0.2) is 18.3 Å². The highest BCUT2D eigenvalue weighted by Crippen LogP contribution is 2.21. The van der Waals surface area contributed by atoms with Crippen LogP contribution in [-0.2, 0) is 6.54 Å². The molecule has 0 amide bonds. The van der Waals surface area contributed by atoms with Crippen LogP contribution in [0.3, 0.4) is 0 Å². The Labute approximate surface area is 107 Å². The number of rotatable bonds is 2. The minimum Gasteiger partial charge on any atom is -0.325 e. The predicted octanol–water partition coefficient (Wildman–Crippen LogP) is 2.13. The molecule has 0 aliphatic heterocycles. The van der Waals surface area contributed by atoms with Crippen molar-refractivity contribution in [2.75, 3.05) is 0 Å². The zero-order chi connectivity index (χ0) is 13.4. The zero-order valence-corrected chi connectivity index (χ0v) is 9.85. The maximum absolute atomic E-state index is 13.7. The molecule has 3 aromatic rings. The molecule has 19 heavy (non-hydrogen) atoms. The Balaban J connectivity index is 2.14. The van der Waals surface area contributed by atoms with Gasteiger partial charge < -0.3 is 5.73 Å². The average Bonchev–Trinajstić information content (AvgIpc) is 2.80. The van der Waals surface area contributed by atoms with E-state index >= 15 is 0 Å². The second-order valence-corrected chi connectivity index (χ2v) is 4.08. The lowest BCUT2D eigenvalue weighted by atomic mass is 10.1. The van der Waals surface area contributed by atoms with E-state index in [9.17, 15) is 8.78 Å². The Morgan fingerprint density at radius 1 is 1.16 bits per heavy atom. The first-order chi connectivity index (χ1) is 9.17. The Bertz CT molecular complexity index is 751. The molecule has 0 aliphatic rings. The van der Waals surface area contributed by atoms with E-state index in [0.717, 1.165) is 6.07 Å². The Hall–Kier alpha value is -2.34. The monoisotopic (exact) mass is 260 g/mol. The third-order valence-corrected chi connectivity index (χ3v) is 2.79. The number of benzene rings is 1. The first-order valence-corrected chi connectivity index (χ1v) is 5.68. The highest BCUT2D eigenvalue weighted by molar-refractivity contribution is 5.61. The normalized spacial score (nSPS) is 11.1. The minimum absolute atomic E-state index is 0.242. The maximum atomic E-state index is 13.7. The van der Waals surface area contributed by atoms with Gasteiger partial charge in [0.15, 0.2) is 5.65 Å². The van der Waals surface area contributed by atoms with E-state index in [-0.39, 0.29) is 5.56 Å². The van der Waals surface area contributed by atoms with E-state index in [1.54, 1.807) is 18.3 Å². The van der Waals surface area contributed by atoms with Crippen molar-refractivity contribution in [3.63, 3.8) is 0 Å². The molecule has 0 atom stereocenters. The van der Waals surface area contributed by atoms with Crippen LogP contribution in [0.4, 0.5) is 8.78 Å². The maximum Gasteiger partial charge on any atom is 0.153 e. The lowest BCUT2D eigenvalue weighted by Crippen LogP contribution is -1.96. The van der Waals surface area contributed by atoms with Crippen LogP contribution in [0.5, 0.6) is 0 Å². The van der Waals surface area contributed by atoms with Gasteiger partial charge in [-0.3, -0.25) is 0 Å². The highest BCUT2D eigenvalue weighted by Gasteiger charge is 2.09. The van der Waals surface area contributed by atoms with E-state index in [4.69, 9.17) is 5.73 Å². The molecule has 0 saturated carbocycles. The first-order valence-electron chi connectivity index (χ1n) is 5.68. The molecule has 1 aromatic carbocycles. The zero-order valence-electron chi connectivity index (χ0n) is 9.85. The number of fused-ring (bicyclic) bond motifs is 1. The summed E-state index contributed by atoms with van der Waals surface area (Å²) < 4.78 is 28.1. The Morgan fingerprint density at radius 3 is 2.74 bits per heavy atom. The van der Waals surface area contributed by atoms with E-state index in [1.807, 2.05) is 0 Å². The molecule has 4 nitrogen and oxygen atoms in total. The molecule has 0 fully saturated rings. The summed E-state index contributed by atoms with van der Waals surface area (Å²) in [5.74, 6) is -1.26. The predicted molar refractivity (Wildman–Crippen MR) is 66.2 cm³/mol. The van der Waals surface area contributed by atoms with Crippen LogP contribution in [0.25, 0.3) is 16.9 Å². The van der Waals surface area contributed by atoms with Crippen LogP contribution >= 0.6 is 0 Å². The smallest absolute Gasteiger partial charge is 0.153 e. The van der Waals surface area contributed by atoms with Gasteiger partial charge in [-0.15, -0.1) is 0 Å². The van der Waals surface area contributed by atoms with Gasteiger partial charge in [0.25, 0.3) is 0 Å². The molecular weight excluding hydrogens is 250 g/mol. The van der Waals surface area contributed by atoms with Crippen LogP contribution in [0, 0.1) is 11.6 Å². The molecule has 2 N–H and O–H groups in total. The first kappa shape index (κ1) is 11.7. The summed E-state index contributed by atoms with van der Waals surface area (Å²) in [5.41, 5.74) is 7.48. The molecule has 0 saturated heterocycles. The molecule has 0 bridgehead atoms. The number of nitrogens with zero attached hydrogens (tertiary/aromatic N) is 3. The molecule has 2 aromatic heterocycles. The van der Waals surface area contributed by atoms with Crippen LogP contribution in [0.2, 0.25) is 0 Å². The number of aromatic nitrogens is 3. The van der Waals surface area contributed by atoms with Crippen LogP contribution in [0.15, 0.2) is 36.5 Å². The summed E-state index contributed by atoms with van der Waals surface area (Å²) in [7, 11) is 0. The number of halogens is 2. The fourth-order valence-corrected chi connectivity index (χ4v) is 1.87. The highest BCUT2D eigenvalue weighted by atomic mass is 19.1. The lowest BCUT2D eigenvalue weighted by molar-refractivity contribution is 0.585. The molecule has 96 valence electrons. The number of hydrogen-bond donors (Lipinski definition) is 1. The molecule has 6 heteroatoms. The fraction of sp³-hybridized carbons (Fsp3) is 0.0769. The summed E-state index contributed by atoms with van der Waals surface area (Å²) in [6.07, 6.45) is 1.68. The van der Waals surface area contributed by atoms with Crippen molar-refractivity contribution in [1.29, 1.82) is 0 Å². The molecule has 0 aliphatic carbocycles. The van der Waals surface area contributed by atoms with E-state index < -0.39 is 11.6 Å². The summed E-state index contributed by atoms with van der Waals surface area (Å²) in [6, 6.07) is 6.74. The van der Waals surface area contributed by atoms with Gasteiger partial charge in [-0.05, 0) is 24.3 Å². The van der Waals surface area contributed by atoms with E-state index in [1.165, 1.54) is 16.6 Å². The van der Waals surface area contributed by atoms with Crippen LogP contribution in [0.1, 0.15) is 5.69 Å². The van der Waals surface area contributed by atoms with Gasteiger partial charge in [0.1, 0.15) is 11.6 Å². The Kier molecular flexibility index (Phi) is 2.72. The third kappa shape index (κ3) is 2.06. The second-order valence-electron chi connectivity index (χ2n) is 4.08. The van der Waals surface area contributed by atoms with Crippen LogP contribution < -0.4 is 5.73 Å². The Morgan fingerprint density at radius 2 is 2.00 bits per heavy atom. The van der Waals surface area contributed by atoms with E-state index in [2.05, 4.69) is 10.1 Å². The largest absolute Gasteiger partial charge is 0.325 e. The van der Waals surface area contributed by atoms with Gasteiger partial charge in [-0.1, -0.05) is 0 Å². The molecule has 3 rings (SSSR count). The fourth-order valence-electron chi connectivity index (χ4n) is 1.87. The summed E-state index contributed by atoms with van der Waals surface area (Å²) in [5, 5.41) is 4.24.